The highest BCUT2D eigenvalue weighted by Crippen LogP contribution is 2.72. The van der Waals surface area contributed by atoms with Crippen LogP contribution in [0.5, 0.6) is 0 Å². The molecule has 33 heavy (non-hydrogen) atoms. The van der Waals surface area contributed by atoms with Crippen LogP contribution in [-0.4, -0.2) is 50.6 Å². The zero-order valence-electron chi connectivity index (χ0n) is 21.5. The Labute approximate surface area is 199 Å². The largest absolute Gasteiger partial charge is 0.393 e. The van der Waals surface area contributed by atoms with E-state index in [4.69, 9.17) is 9.47 Å². The van der Waals surface area contributed by atoms with Gasteiger partial charge in [-0.3, -0.25) is 0 Å². The van der Waals surface area contributed by atoms with Crippen LogP contribution in [-0.2, 0) is 9.47 Å². The Bertz CT molecular complexity index is 825. The van der Waals surface area contributed by atoms with E-state index < -0.39 is 11.4 Å². The third-order valence-corrected chi connectivity index (χ3v) is 12.5. The maximum Gasteiger partial charge on any atom is 0.198 e. The second kappa shape index (κ2) is 6.76. The number of aliphatic hydroxyl groups excluding tert-OH is 2. The standard InChI is InChI=1S/C28H46O5/c1-15-13-28(33-24(15,2)3)27(6,31)23-21(32-28)12-19-18-8-7-16-11-17(29)9-10-25(16,4)22(18)20(30)14-26(19,23)5/h15-23,29-31H,7-14H2,1-6H3. The summed E-state index contributed by atoms with van der Waals surface area (Å²) in [5.41, 5.74) is -1.45. The van der Waals surface area contributed by atoms with E-state index in [1.165, 1.54) is 0 Å². The highest BCUT2D eigenvalue weighted by Gasteiger charge is 2.77. The summed E-state index contributed by atoms with van der Waals surface area (Å²) in [6, 6.07) is 0. The molecule has 0 bridgehead atoms. The summed E-state index contributed by atoms with van der Waals surface area (Å²) in [6.07, 6.45) is 6.94. The fraction of sp³-hybridized carbons (Fsp3) is 1.00. The molecule has 0 amide bonds. The fourth-order valence-corrected chi connectivity index (χ4v) is 10.7. The molecule has 188 valence electrons. The predicted molar refractivity (Wildman–Crippen MR) is 125 cm³/mol. The van der Waals surface area contributed by atoms with Crippen molar-refractivity contribution in [2.75, 3.05) is 0 Å². The second-order valence-electron chi connectivity index (χ2n) is 14.4. The van der Waals surface area contributed by atoms with E-state index in [9.17, 15) is 15.3 Å². The first-order chi connectivity index (χ1) is 15.3. The summed E-state index contributed by atoms with van der Waals surface area (Å²) in [6.45, 7) is 13.1. The van der Waals surface area contributed by atoms with Gasteiger partial charge < -0.3 is 24.8 Å². The number of hydrogen-bond donors (Lipinski definition) is 3. The Balaban J connectivity index is 1.34. The molecule has 13 unspecified atom stereocenters. The number of rotatable bonds is 0. The van der Waals surface area contributed by atoms with E-state index in [-0.39, 0.29) is 40.7 Å². The molecular formula is C28H46O5. The number of hydrogen-bond acceptors (Lipinski definition) is 5. The minimum atomic E-state index is -1.08. The van der Waals surface area contributed by atoms with Gasteiger partial charge in [-0.15, -0.1) is 0 Å². The lowest BCUT2D eigenvalue weighted by atomic mass is 9.43. The summed E-state index contributed by atoms with van der Waals surface area (Å²) in [4.78, 5) is 0. The molecule has 13 atom stereocenters. The Kier molecular flexibility index (Phi) is 4.76. The zero-order valence-corrected chi connectivity index (χ0v) is 21.5. The molecular weight excluding hydrogens is 416 g/mol. The van der Waals surface area contributed by atoms with E-state index in [0.717, 1.165) is 51.4 Å². The summed E-state index contributed by atoms with van der Waals surface area (Å²) in [5, 5.41) is 34.2. The van der Waals surface area contributed by atoms with Crippen LogP contribution in [0.3, 0.4) is 0 Å². The number of fused-ring (bicyclic) bond motifs is 7. The first-order valence-electron chi connectivity index (χ1n) is 13.7. The van der Waals surface area contributed by atoms with Crippen LogP contribution in [0.1, 0.15) is 92.9 Å². The topological polar surface area (TPSA) is 79.2 Å². The molecule has 6 fully saturated rings. The molecule has 5 nitrogen and oxygen atoms in total. The fourth-order valence-electron chi connectivity index (χ4n) is 10.7. The van der Waals surface area contributed by atoms with Crippen molar-refractivity contribution in [3.8, 4) is 0 Å². The van der Waals surface area contributed by atoms with Crippen LogP contribution in [0.4, 0.5) is 0 Å². The Morgan fingerprint density at radius 1 is 0.879 bits per heavy atom. The van der Waals surface area contributed by atoms with Gasteiger partial charge in [-0.1, -0.05) is 20.8 Å². The van der Waals surface area contributed by atoms with Crippen LogP contribution in [0.15, 0.2) is 0 Å². The maximum atomic E-state index is 12.2. The van der Waals surface area contributed by atoms with E-state index in [2.05, 4.69) is 34.6 Å². The number of aliphatic hydroxyl groups is 3. The highest BCUT2D eigenvalue weighted by atomic mass is 16.7. The van der Waals surface area contributed by atoms with Gasteiger partial charge in [0.1, 0.15) is 5.60 Å². The van der Waals surface area contributed by atoms with E-state index in [0.29, 0.717) is 29.6 Å². The van der Waals surface area contributed by atoms with Crippen molar-refractivity contribution in [3.05, 3.63) is 0 Å². The summed E-state index contributed by atoms with van der Waals surface area (Å²) >= 11 is 0. The molecule has 2 aliphatic heterocycles. The predicted octanol–water partition coefficient (Wildman–Crippen LogP) is 4.27. The molecule has 4 saturated carbocycles. The monoisotopic (exact) mass is 462 g/mol. The SMILES string of the molecule is CC1CC2(OC3CC4C5CCC6CC(O)CCC6(C)C5C(O)CC4(C)C3C2(C)O)OC1(C)C. The minimum Gasteiger partial charge on any atom is -0.393 e. The molecule has 5 heteroatoms. The number of ether oxygens (including phenoxy) is 2. The molecule has 1 spiro atoms. The van der Waals surface area contributed by atoms with Crippen molar-refractivity contribution >= 4 is 0 Å². The molecule has 2 heterocycles. The third-order valence-electron chi connectivity index (χ3n) is 12.5. The van der Waals surface area contributed by atoms with Gasteiger partial charge in [0.05, 0.1) is 23.9 Å². The van der Waals surface area contributed by atoms with Crippen molar-refractivity contribution in [3.63, 3.8) is 0 Å². The lowest BCUT2D eigenvalue weighted by Crippen LogP contribution is -2.62. The molecule has 0 aromatic heterocycles. The normalized spacial score (nSPS) is 63.7. The van der Waals surface area contributed by atoms with Crippen LogP contribution < -0.4 is 0 Å². The molecule has 4 aliphatic carbocycles. The first-order valence-corrected chi connectivity index (χ1v) is 13.7. The van der Waals surface area contributed by atoms with E-state index >= 15 is 0 Å². The minimum absolute atomic E-state index is 0.0132. The first kappa shape index (κ1) is 23.2. The van der Waals surface area contributed by atoms with Crippen molar-refractivity contribution in [1.29, 1.82) is 0 Å². The van der Waals surface area contributed by atoms with Gasteiger partial charge in [0.25, 0.3) is 0 Å². The molecule has 2 saturated heterocycles. The molecule has 6 aliphatic rings. The summed E-state index contributed by atoms with van der Waals surface area (Å²) < 4.78 is 13.3. The van der Waals surface area contributed by atoms with Crippen molar-refractivity contribution in [2.45, 2.75) is 128 Å². The van der Waals surface area contributed by atoms with Gasteiger partial charge in [-0.05, 0) is 106 Å². The zero-order chi connectivity index (χ0) is 23.8. The van der Waals surface area contributed by atoms with Crippen molar-refractivity contribution < 1.29 is 24.8 Å². The lowest BCUT2D eigenvalue weighted by Gasteiger charge is -2.63. The van der Waals surface area contributed by atoms with Gasteiger partial charge in [-0.25, -0.2) is 0 Å². The third kappa shape index (κ3) is 2.78. The van der Waals surface area contributed by atoms with Gasteiger partial charge >= 0.3 is 0 Å². The van der Waals surface area contributed by atoms with Crippen LogP contribution in [0, 0.1) is 46.3 Å². The highest BCUT2D eigenvalue weighted by molar-refractivity contribution is 5.22. The van der Waals surface area contributed by atoms with E-state index in [1.54, 1.807) is 0 Å². The quantitative estimate of drug-likeness (QED) is 0.501. The van der Waals surface area contributed by atoms with Gasteiger partial charge in [-0.2, -0.15) is 0 Å². The van der Waals surface area contributed by atoms with Gasteiger partial charge in [0.15, 0.2) is 5.79 Å². The van der Waals surface area contributed by atoms with Crippen molar-refractivity contribution in [2.24, 2.45) is 46.3 Å². The van der Waals surface area contributed by atoms with Gasteiger partial charge in [0, 0.05) is 12.3 Å². The summed E-state index contributed by atoms with van der Waals surface area (Å²) in [5.74, 6) is 1.08. The molecule has 0 radical (unpaired) electrons. The molecule has 6 rings (SSSR count). The summed E-state index contributed by atoms with van der Waals surface area (Å²) in [7, 11) is 0. The Morgan fingerprint density at radius 3 is 2.27 bits per heavy atom. The second-order valence-corrected chi connectivity index (χ2v) is 14.4. The maximum absolute atomic E-state index is 12.2. The Morgan fingerprint density at radius 2 is 1.61 bits per heavy atom. The van der Waals surface area contributed by atoms with Crippen LogP contribution in [0.25, 0.3) is 0 Å². The molecule has 0 aromatic carbocycles. The van der Waals surface area contributed by atoms with Crippen molar-refractivity contribution in [1.82, 2.24) is 0 Å². The molecule has 0 aromatic rings. The van der Waals surface area contributed by atoms with Gasteiger partial charge in [0.2, 0.25) is 0 Å². The Hall–Kier alpha value is -0.200. The average Bonchev–Trinajstić information content (AvgIpc) is 3.20. The van der Waals surface area contributed by atoms with Crippen LogP contribution in [0.2, 0.25) is 0 Å². The van der Waals surface area contributed by atoms with E-state index in [1.807, 2.05) is 6.92 Å². The lowest BCUT2D eigenvalue weighted by molar-refractivity contribution is -0.300. The molecule has 3 N–H and O–H groups in total. The average molecular weight is 463 g/mol. The van der Waals surface area contributed by atoms with Crippen LogP contribution >= 0.6 is 0 Å². The smallest absolute Gasteiger partial charge is 0.198 e.